The van der Waals surface area contributed by atoms with Gasteiger partial charge in [-0.05, 0) is 69.4 Å². The van der Waals surface area contributed by atoms with Gasteiger partial charge in [-0.15, -0.1) is 0 Å². The van der Waals surface area contributed by atoms with E-state index in [0.29, 0.717) is 12.0 Å². The van der Waals surface area contributed by atoms with Gasteiger partial charge in [-0.2, -0.15) is 0 Å². The summed E-state index contributed by atoms with van der Waals surface area (Å²) < 4.78 is 0. The summed E-state index contributed by atoms with van der Waals surface area (Å²) in [6.45, 7) is 8.63. The van der Waals surface area contributed by atoms with E-state index < -0.39 is 6.04 Å². The predicted octanol–water partition coefficient (Wildman–Crippen LogP) is 4.52. The van der Waals surface area contributed by atoms with Crippen molar-refractivity contribution in [2.45, 2.75) is 70.1 Å². The summed E-state index contributed by atoms with van der Waals surface area (Å²) in [5.41, 5.74) is 3.52. The number of hydrogen-bond acceptors (Lipinski definition) is 4. The first-order valence-corrected chi connectivity index (χ1v) is 12.6. The third-order valence-electron chi connectivity index (χ3n) is 6.60. The molecule has 0 bridgehead atoms. The fraction of sp³-hybridized carbons (Fsp3) is 0.367. The van der Waals surface area contributed by atoms with E-state index in [1.54, 1.807) is 24.5 Å². The zero-order chi connectivity index (χ0) is 25.8. The summed E-state index contributed by atoms with van der Waals surface area (Å²) in [6, 6.07) is 21.0. The van der Waals surface area contributed by atoms with Crippen molar-refractivity contribution in [3.05, 3.63) is 90.3 Å². The van der Waals surface area contributed by atoms with Crippen molar-refractivity contribution in [2.24, 2.45) is 0 Å². The second-order valence-corrected chi connectivity index (χ2v) is 11.0. The van der Waals surface area contributed by atoms with Crippen molar-refractivity contribution in [3.63, 3.8) is 0 Å². The Balaban J connectivity index is 1.52. The lowest BCUT2D eigenvalue weighted by Crippen LogP contribution is -2.63. The molecule has 2 amide bonds. The van der Waals surface area contributed by atoms with Crippen LogP contribution in [-0.4, -0.2) is 40.0 Å². The molecule has 0 aliphatic carbocycles. The third-order valence-corrected chi connectivity index (χ3v) is 6.60. The Bertz CT molecular complexity index is 1160. The summed E-state index contributed by atoms with van der Waals surface area (Å²) in [5.74, 6) is -0.451. The normalized spacial score (nSPS) is 17.7. The van der Waals surface area contributed by atoms with Crippen LogP contribution < -0.4 is 16.0 Å². The molecule has 0 radical (unpaired) electrons. The number of carbonyl (C=O) groups excluding carboxylic acids is 2. The Morgan fingerprint density at radius 3 is 2.08 bits per heavy atom. The molecule has 0 saturated carbocycles. The minimum absolute atomic E-state index is 0.0181. The van der Waals surface area contributed by atoms with Gasteiger partial charge in [0.25, 0.3) is 5.91 Å². The van der Waals surface area contributed by atoms with Crippen molar-refractivity contribution < 1.29 is 9.59 Å². The van der Waals surface area contributed by atoms with Gasteiger partial charge < -0.3 is 16.0 Å². The van der Waals surface area contributed by atoms with Crippen LogP contribution in [-0.2, 0) is 11.2 Å². The smallest absolute Gasteiger partial charge is 0.252 e. The van der Waals surface area contributed by atoms with Crippen LogP contribution in [0.2, 0.25) is 0 Å². The molecule has 1 aromatic heterocycles. The molecule has 1 saturated heterocycles. The third kappa shape index (κ3) is 6.79. The minimum atomic E-state index is -0.700. The van der Waals surface area contributed by atoms with Gasteiger partial charge in [-0.1, -0.05) is 54.6 Å². The molecule has 3 N–H and O–H groups in total. The van der Waals surface area contributed by atoms with Crippen molar-refractivity contribution in [1.82, 2.24) is 20.9 Å². The molecule has 1 aliphatic heterocycles. The first-order valence-electron chi connectivity index (χ1n) is 12.6. The predicted molar refractivity (Wildman–Crippen MR) is 144 cm³/mol. The van der Waals surface area contributed by atoms with Crippen LogP contribution in [0.4, 0.5) is 0 Å². The lowest BCUT2D eigenvalue weighted by atomic mass is 9.79. The van der Waals surface area contributed by atoms with Gasteiger partial charge in [0.05, 0.1) is 0 Å². The van der Waals surface area contributed by atoms with Crippen LogP contribution in [0.15, 0.2) is 79.1 Å². The number of benzene rings is 2. The number of aromatic nitrogens is 1. The van der Waals surface area contributed by atoms with Gasteiger partial charge in [0.2, 0.25) is 5.91 Å². The van der Waals surface area contributed by atoms with Crippen LogP contribution in [0.1, 0.15) is 56.5 Å². The maximum atomic E-state index is 13.5. The van der Waals surface area contributed by atoms with Crippen LogP contribution >= 0.6 is 0 Å². The number of nitrogens with one attached hydrogen (secondary N) is 3. The van der Waals surface area contributed by atoms with Gasteiger partial charge in [0.15, 0.2) is 0 Å². The van der Waals surface area contributed by atoms with Gasteiger partial charge in [0.1, 0.15) is 6.04 Å². The second-order valence-electron chi connectivity index (χ2n) is 11.0. The van der Waals surface area contributed by atoms with Gasteiger partial charge in [0, 0.05) is 41.5 Å². The zero-order valence-electron chi connectivity index (χ0n) is 21.5. The highest BCUT2D eigenvalue weighted by Gasteiger charge is 2.39. The molecule has 6 nitrogen and oxygen atoms in total. The first-order chi connectivity index (χ1) is 17.1. The molecule has 2 aromatic carbocycles. The number of rotatable bonds is 7. The maximum Gasteiger partial charge on any atom is 0.252 e. The quantitative estimate of drug-likeness (QED) is 0.461. The molecular weight excluding hydrogens is 448 g/mol. The average molecular weight is 485 g/mol. The summed E-state index contributed by atoms with van der Waals surface area (Å²) >= 11 is 0. The van der Waals surface area contributed by atoms with E-state index in [-0.39, 0.29) is 28.9 Å². The van der Waals surface area contributed by atoms with Crippen molar-refractivity contribution in [1.29, 1.82) is 0 Å². The average Bonchev–Trinajstić information content (AvgIpc) is 2.83. The van der Waals surface area contributed by atoms with E-state index in [1.807, 2.05) is 30.3 Å². The standard InChI is InChI=1S/C30H36N4O2/c1-29(2)19-25(20-30(3,4)34-29)32-28(36)26(33-27(35)24-14-16-31-17-15-24)18-21-10-12-23(13-11-21)22-8-6-5-7-9-22/h5-17,25-26,34H,18-20H2,1-4H3,(H,32,36)(H,33,35). The fourth-order valence-corrected chi connectivity index (χ4v) is 5.38. The Kier molecular flexibility index (Phi) is 7.55. The molecule has 2 heterocycles. The summed E-state index contributed by atoms with van der Waals surface area (Å²) in [7, 11) is 0. The largest absolute Gasteiger partial charge is 0.351 e. The lowest BCUT2D eigenvalue weighted by molar-refractivity contribution is -0.124. The summed E-state index contributed by atoms with van der Waals surface area (Å²) in [4.78, 5) is 30.5. The van der Waals surface area contributed by atoms with Crippen molar-refractivity contribution in [2.75, 3.05) is 0 Å². The number of carbonyl (C=O) groups is 2. The van der Waals surface area contributed by atoms with E-state index in [2.05, 4.69) is 72.9 Å². The minimum Gasteiger partial charge on any atom is -0.351 e. The highest BCUT2D eigenvalue weighted by atomic mass is 16.2. The molecule has 6 heteroatoms. The molecule has 0 spiro atoms. The van der Waals surface area contributed by atoms with Gasteiger partial charge in [-0.3, -0.25) is 14.6 Å². The Labute approximate surface area is 213 Å². The van der Waals surface area contributed by atoms with Crippen LogP contribution in [0.25, 0.3) is 11.1 Å². The molecule has 4 rings (SSSR count). The van der Waals surface area contributed by atoms with E-state index >= 15 is 0 Å². The maximum absolute atomic E-state index is 13.5. The van der Waals surface area contributed by atoms with E-state index in [4.69, 9.17) is 0 Å². The number of pyridine rings is 1. The molecule has 1 unspecified atom stereocenters. The molecule has 188 valence electrons. The SMILES string of the molecule is CC1(C)CC(NC(=O)C(Cc2ccc(-c3ccccc3)cc2)NC(=O)c2ccncc2)CC(C)(C)N1. The lowest BCUT2D eigenvalue weighted by Gasteiger charge is -2.46. The number of hydrogen-bond donors (Lipinski definition) is 3. The fourth-order valence-electron chi connectivity index (χ4n) is 5.38. The zero-order valence-corrected chi connectivity index (χ0v) is 21.5. The number of amides is 2. The first kappa shape index (κ1) is 25.6. The highest BCUT2D eigenvalue weighted by Crippen LogP contribution is 2.28. The highest BCUT2D eigenvalue weighted by molar-refractivity contribution is 5.97. The van der Waals surface area contributed by atoms with Crippen molar-refractivity contribution >= 4 is 11.8 Å². The van der Waals surface area contributed by atoms with Gasteiger partial charge in [-0.25, -0.2) is 0 Å². The van der Waals surface area contributed by atoms with Crippen LogP contribution in [0.5, 0.6) is 0 Å². The molecule has 36 heavy (non-hydrogen) atoms. The molecule has 1 fully saturated rings. The topological polar surface area (TPSA) is 83.1 Å². The Hall–Kier alpha value is -3.51. The van der Waals surface area contributed by atoms with Gasteiger partial charge >= 0.3 is 0 Å². The monoisotopic (exact) mass is 484 g/mol. The summed E-state index contributed by atoms with van der Waals surface area (Å²) in [6.07, 6.45) is 5.18. The van der Waals surface area contributed by atoms with E-state index in [1.165, 1.54) is 0 Å². The van der Waals surface area contributed by atoms with Crippen LogP contribution in [0.3, 0.4) is 0 Å². The molecule has 1 atom stereocenters. The van der Waals surface area contributed by atoms with E-state index in [9.17, 15) is 9.59 Å². The Morgan fingerprint density at radius 1 is 0.889 bits per heavy atom. The molecule has 3 aromatic rings. The van der Waals surface area contributed by atoms with E-state index in [0.717, 1.165) is 29.5 Å². The number of piperidine rings is 1. The van der Waals surface area contributed by atoms with Crippen LogP contribution in [0, 0.1) is 0 Å². The molecule has 1 aliphatic rings. The molecular formula is C30H36N4O2. The Morgan fingerprint density at radius 2 is 1.47 bits per heavy atom. The second kappa shape index (κ2) is 10.6. The number of nitrogens with zero attached hydrogens (tertiary/aromatic N) is 1. The van der Waals surface area contributed by atoms with Crippen molar-refractivity contribution in [3.8, 4) is 11.1 Å². The summed E-state index contributed by atoms with van der Waals surface area (Å²) in [5, 5.41) is 9.85.